The highest BCUT2D eigenvalue weighted by atomic mass is 32.3. The van der Waals surface area contributed by atoms with Crippen molar-refractivity contribution < 1.29 is 124 Å². The zero-order chi connectivity index (χ0) is 99.2. The van der Waals surface area contributed by atoms with Crippen molar-refractivity contribution in [1.29, 1.82) is 0 Å². The van der Waals surface area contributed by atoms with Crippen LogP contribution in [0.15, 0.2) is 0 Å². The van der Waals surface area contributed by atoms with Gasteiger partial charge in [-0.15, -0.1) is 0 Å². The Kier molecular flexibility index (Phi) is 68.1. The van der Waals surface area contributed by atoms with Crippen LogP contribution in [-0.2, 0) is 75.6 Å². The van der Waals surface area contributed by atoms with Crippen molar-refractivity contribution in [2.75, 3.05) is 66.1 Å². The number of ether oxygens (including phenoxy) is 10. The van der Waals surface area contributed by atoms with Crippen molar-refractivity contribution in [2.45, 2.75) is 513 Å². The van der Waals surface area contributed by atoms with Crippen molar-refractivity contribution in [3.05, 3.63) is 0 Å². The van der Waals surface area contributed by atoms with Crippen LogP contribution in [0.4, 0.5) is 0 Å². The second-order valence-electron chi connectivity index (χ2n) is 44.9. The molecule has 0 aliphatic carbocycles. The van der Waals surface area contributed by atoms with E-state index in [4.69, 9.17) is 56.4 Å². The summed E-state index contributed by atoms with van der Waals surface area (Å²) in [4.78, 5) is 11.6. The molecule has 3 fully saturated rings. The standard InChI is InChI=1S/C105H207O26PS/c1-72(2)34-22-38-76(9)42-26-46-80(13)50-30-54-84(17)58-61-119-66-89(120-62-59-85(18)55-31-51-81(14)47-27-43-77(10)39-23-35-73(3)4)68-123-105-102(130-104-99(112)97(110)94(107)92(128-104)70-124-103-100(113)101(131-133(116,117)118)96(109)91(65-106)127-103)98(111)95(108)93(129-105)71-126-132(114,115)125-69-90(121-63-60-86(19)56-32-52-82(15)48-28-44-78(11)40-24-36-74(5)6)67-122-88(21)64-87(20)57-33-53-83(16)49-29-45-79(12)41-25-37-75(7)8/h72-113H,22-71H2,1-21H3,(H,114,115)(H,116,117,118)/t76?,77?,78?,79?,80?,81?,82?,83?,84?,85?,86?,87?,88?,89-,90-,91+,92+,93+,94+,95+,96-,97?,98?,99?,100?,101?,102?,103+,104+,105-/m0/s1. The fourth-order valence-corrected chi connectivity index (χ4v) is 20.4. The van der Waals surface area contributed by atoms with Gasteiger partial charge in [-0.25, -0.2) is 8.75 Å². The second-order valence-corrected chi connectivity index (χ2v) is 47.4. The Hall–Kier alpha value is -0.740. The molecule has 28 heteroatoms. The van der Waals surface area contributed by atoms with Crippen LogP contribution in [0, 0.1) is 94.7 Å². The molecule has 794 valence electrons. The molecule has 133 heavy (non-hydrogen) atoms. The van der Waals surface area contributed by atoms with Crippen molar-refractivity contribution in [2.24, 2.45) is 94.7 Å². The van der Waals surface area contributed by atoms with E-state index in [2.05, 4.69) is 143 Å². The molecule has 20 unspecified atom stereocenters. The van der Waals surface area contributed by atoms with E-state index in [1.54, 1.807) is 0 Å². The predicted octanol–water partition coefficient (Wildman–Crippen LogP) is 21.5. The first kappa shape index (κ1) is 126. The summed E-state index contributed by atoms with van der Waals surface area (Å²) in [5.74, 6) is 10.0. The van der Waals surface area contributed by atoms with Gasteiger partial charge in [-0.1, -0.05) is 370 Å². The normalized spacial score (nSPS) is 26.9. The van der Waals surface area contributed by atoms with E-state index in [-0.39, 0.29) is 25.9 Å². The average Bonchev–Trinajstić information content (AvgIpc) is 0.787. The van der Waals surface area contributed by atoms with Gasteiger partial charge in [0.25, 0.3) is 0 Å². The maximum absolute atomic E-state index is 14.3. The monoisotopic (exact) mass is 1950 g/mol. The SMILES string of the molecule is CC(C)CCCC(C)CCCC(C)CCCC(C)CCOC[C@@H](CO[C@H]1O[C@H](COP(=O)(O)OC[C@H](COC(C)CC(C)CCCC(C)CCCC(C)CCCC(C)C)OCCC(C)CCCC(C)CCCC(C)CCCC(C)C)[C@@H](O)C(O)C1O[C@H]1O[C@H](CO[C@@H]2O[C@H](CO)[C@H](O)C(OS(=O)(=O)O)C2O)[C@@H](O)C(O)C1O)OCCC(C)CCCC(C)CCCC(C)CCCC(C)C. The zero-order valence-corrected chi connectivity index (χ0v) is 89.6. The van der Waals surface area contributed by atoms with Crippen LogP contribution in [0.1, 0.15) is 402 Å². The molecule has 3 heterocycles. The van der Waals surface area contributed by atoms with Crippen molar-refractivity contribution in [3.8, 4) is 0 Å². The summed E-state index contributed by atoms with van der Waals surface area (Å²) in [6, 6.07) is 0. The molecular formula is C105H207O26PS. The number of hydrogen-bond donors (Lipinski definition) is 10. The van der Waals surface area contributed by atoms with Gasteiger partial charge < -0.3 is 93.1 Å². The first-order chi connectivity index (χ1) is 62.8. The molecule has 31 atom stereocenters. The summed E-state index contributed by atoms with van der Waals surface area (Å²) in [5.41, 5.74) is 0. The number of rotatable bonds is 83. The zero-order valence-electron chi connectivity index (χ0n) is 87.8. The van der Waals surface area contributed by atoms with E-state index >= 15 is 0 Å². The first-order valence-electron chi connectivity index (χ1n) is 53.8. The van der Waals surface area contributed by atoms with Crippen molar-refractivity contribution in [1.82, 2.24) is 0 Å². The van der Waals surface area contributed by atoms with Gasteiger partial charge in [0.2, 0.25) is 0 Å². The van der Waals surface area contributed by atoms with Crippen LogP contribution < -0.4 is 0 Å². The molecule has 0 aromatic carbocycles. The minimum absolute atomic E-state index is 0.0663. The predicted molar refractivity (Wildman–Crippen MR) is 530 cm³/mol. The van der Waals surface area contributed by atoms with E-state index in [0.29, 0.717) is 67.2 Å². The highest BCUT2D eigenvalue weighted by molar-refractivity contribution is 7.80. The fourth-order valence-electron chi connectivity index (χ4n) is 19.2. The highest BCUT2D eigenvalue weighted by Crippen LogP contribution is 2.45. The summed E-state index contributed by atoms with van der Waals surface area (Å²) in [6.07, 6.45) is 16.3. The van der Waals surface area contributed by atoms with Crippen LogP contribution in [-0.4, -0.2) is 235 Å². The molecule has 0 aromatic rings. The lowest BCUT2D eigenvalue weighted by molar-refractivity contribution is -0.373. The first-order valence-corrected chi connectivity index (χ1v) is 56.6. The van der Waals surface area contributed by atoms with E-state index in [0.717, 1.165) is 137 Å². The Balaban J connectivity index is 1.92. The summed E-state index contributed by atoms with van der Waals surface area (Å²) in [5, 5.41) is 90.7. The number of phosphoric acid groups is 1. The van der Waals surface area contributed by atoms with Crippen LogP contribution in [0.3, 0.4) is 0 Å². The molecule has 0 saturated carbocycles. The van der Waals surface area contributed by atoms with Crippen LogP contribution in [0.25, 0.3) is 0 Å². The van der Waals surface area contributed by atoms with Gasteiger partial charge >= 0.3 is 18.2 Å². The molecule has 3 saturated heterocycles. The molecule has 10 N–H and O–H groups in total. The van der Waals surface area contributed by atoms with Crippen LogP contribution in [0.5, 0.6) is 0 Å². The summed E-state index contributed by atoms with van der Waals surface area (Å²) < 4.78 is 126. The van der Waals surface area contributed by atoms with Gasteiger partial charge in [0.1, 0.15) is 85.5 Å². The lowest BCUT2D eigenvalue weighted by Gasteiger charge is -2.46. The van der Waals surface area contributed by atoms with E-state index in [9.17, 15) is 63.3 Å². The summed E-state index contributed by atoms with van der Waals surface area (Å²) >= 11 is 0. The van der Waals surface area contributed by atoms with Gasteiger partial charge in [0, 0.05) is 19.8 Å². The Morgan fingerprint density at radius 1 is 0.308 bits per heavy atom. The lowest BCUT2D eigenvalue weighted by Crippen LogP contribution is -2.65. The number of phosphoric ester groups is 1. The van der Waals surface area contributed by atoms with Crippen LogP contribution >= 0.6 is 7.82 Å². The molecule has 0 aromatic heterocycles. The smallest absolute Gasteiger partial charge is 0.394 e. The van der Waals surface area contributed by atoms with E-state index in [1.807, 2.05) is 6.92 Å². The molecule has 0 spiro atoms. The minimum Gasteiger partial charge on any atom is -0.394 e. The summed E-state index contributed by atoms with van der Waals surface area (Å²) in [6.45, 7) is 46.4. The van der Waals surface area contributed by atoms with Gasteiger partial charge in [-0.2, -0.15) is 8.42 Å². The van der Waals surface area contributed by atoms with E-state index in [1.165, 1.54) is 167 Å². The Morgan fingerprint density at radius 3 is 1.02 bits per heavy atom. The maximum Gasteiger partial charge on any atom is 0.472 e. The van der Waals surface area contributed by atoms with Crippen molar-refractivity contribution >= 4 is 18.2 Å². The molecular weight excluding hydrogens is 1740 g/mol. The molecule has 3 rings (SSSR count). The van der Waals surface area contributed by atoms with E-state index < -0.39 is 149 Å². The van der Waals surface area contributed by atoms with Crippen LogP contribution in [0.2, 0.25) is 0 Å². The minimum atomic E-state index is -5.30. The third-order valence-electron chi connectivity index (χ3n) is 28.7. The summed E-state index contributed by atoms with van der Waals surface area (Å²) in [7, 11) is -10.4. The number of aliphatic hydroxyl groups excluding tert-OH is 8. The maximum atomic E-state index is 14.3. The van der Waals surface area contributed by atoms with Gasteiger partial charge in [0.15, 0.2) is 18.9 Å². The molecule has 3 aliphatic rings. The van der Waals surface area contributed by atoms with Gasteiger partial charge in [0.05, 0.1) is 52.4 Å². The largest absolute Gasteiger partial charge is 0.472 e. The molecule has 0 bridgehead atoms. The molecule has 0 radical (unpaired) electrons. The highest BCUT2D eigenvalue weighted by Gasteiger charge is 2.53. The fraction of sp³-hybridized carbons (Fsp3) is 1.00. The van der Waals surface area contributed by atoms with Gasteiger partial charge in [-0.3, -0.25) is 13.6 Å². The number of aliphatic hydroxyl groups is 8. The van der Waals surface area contributed by atoms with Crippen molar-refractivity contribution in [3.63, 3.8) is 0 Å². The average molecular weight is 1950 g/mol. The van der Waals surface area contributed by atoms with Gasteiger partial charge in [-0.05, 0) is 127 Å². The topological polar surface area (TPSA) is 374 Å². The lowest BCUT2D eigenvalue weighted by atomic mass is 9.90. The third-order valence-corrected chi connectivity index (χ3v) is 30.1. The molecule has 26 nitrogen and oxygen atoms in total. The number of hydrogen-bond acceptors (Lipinski definition) is 24. The Labute approximate surface area is 811 Å². The quantitative estimate of drug-likeness (QED) is 0.0154. The third kappa shape index (κ3) is 59.3. The second kappa shape index (κ2) is 71.7. The molecule has 0 amide bonds. The molecule has 3 aliphatic heterocycles. The Morgan fingerprint density at radius 2 is 0.639 bits per heavy atom. The Bertz CT molecular complexity index is 2950.